The number of fused-ring (bicyclic) bond motifs is 1. The number of hydrogen-bond donors (Lipinski definition) is 2. The van der Waals surface area contributed by atoms with Gasteiger partial charge in [0.05, 0.1) is 0 Å². The van der Waals surface area contributed by atoms with E-state index in [-0.39, 0.29) is 11.8 Å². The van der Waals surface area contributed by atoms with Crippen LogP contribution in [0, 0.1) is 0 Å². The van der Waals surface area contributed by atoms with Crippen LogP contribution in [-0.2, 0) is 16.0 Å². The molecule has 1 aliphatic heterocycles. The zero-order valence-corrected chi connectivity index (χ0v) is 14.4. The Kier molecular flexibility index (Phi) is 7.75. The maximum absolute atomic E-state index is 12.3. The average molecular weight is 331 g/mol. The third-order valence-corrected chi connectivity index (χ3v) is 4.44. The van der Waals surface area contributed by atoms with Crippen LogP contribution >= 0.6 is 0 Å². The van der Waals surface area contributed by atoms with Crippen LogP contribution in [0.3, 0.4) is 0 Å². The second kappa shape index (κ2) is 10.1. The van der Waals surface area contributed by atoms with Crippen molar-refractivity contribution in [2.45, 2.75) is 51.4 Å². The van der Waals surface area contributed by atoms with Crippen LogP contribution in [0.25, 0.3) is 0 Å². The van der Waals surface area contributed by atoms with Crippen LogP contribution in [0.5, 0.6) is 0 Å². The van der Waals surface area contributed by atoms with Crippen molar-refractivity contribution >= 4 is 17.5 Å². The third-order valence-electron chi connectivity index (χ3n) is 4.44. The van der Waals surface area contributed by atoms with Crippen molar-refractivity contribution in [2.24, 2.45) is 5.73 Å². The standard InChI is InChI=1S/C19H29N3O2/c20-13-6-2-1-3-10-18(23)21-14-7-11-19(24)22-15-12-16-8-4-5-9-17(16)22/h4-5,8-9H,1-3,6-7,10-15,20H2,(H,21,23). The van der Waals surface area contributed by atoms with E-state index in [4.69, 9.17) is 5.73 Å². The lowest BCUT2D eigenvalue weighted by atomic mass is 10.1. The van der Waals surface area contributed by atoms with Gasteiger partial charge < -0.3 is 16.0 Å². The van der Waals surface area contributed by atoms with Crippen LogP contribution in [-0.4, -0.2) is 31.4 Å². The highest BCUT2D eigenvalue weighted by molar-refractivity contribution is 5.95. The molecular weight excluding hydrogens is 302 g/mol. The molecule has 1 aromatic carbocycles. The van der Waals surface area contributed by atoms with Crippen molar-refractivity contribution in [3.63, 3.8) is 0 Å². The largest absolute Gasteiger partial charge is 0.356 e. The summed E-state index contributed by atoms with van der Waals surface area (Å²) in [5.74, 6) is 0.234. The van der Waals surface area contributed by atoms with Gasteiger partial charge in [0.2, 0.25) is 11.8 Å². The van der Waals surface area contributed by atoms with E-state index in [1.54, 1.807) is 0 Å². The SMILES string of the molecule is NCCCCCCC(=O)NCCCC(=O)N1CCc2ccccc21. The van der Waals surface area contributed by atoms with Crippen LogP contribution in [0.2, 0.25) is 0 Å². The Morgan fingerprint density at radius 2 is 1.83 bits per heavy atom. The smallest absolute Gasteiger partial charge is 0.227 e. The first-order valence-electron chi connectivity index (χ1n) is 9.07. The van der Waals surface area contributed by atoms with E-state index in [1.807, 2.05) is 23.1 Å². The molecule has 0 saturated carbocycles. The van der Waals surface area contributed by atoms with Gasteiger partial charge in [0.1, 0.15) is 0 Å². The molecule has 0 radical (unpaired) electrons. The van der Waals surface area contributed by atoms with Crippen molar-refractivity contribution in [3.8, 4) is 0 Å². The fourth-order valence-corrected chi connectivity index (χ4v) is 3.07. The minimum absolute atomic E-state index is 0.0849. The van der Waals surface area contributed by atoms with Crippen molar-refractivity contribution in [1.29, 1.82) is 0 Å². The number of nitrogens with zero attached hydrogens (tertiary/aromatic N) is 1. The predicted molar refractivity (Wildman–Crippen MR) is 96.9 cm³/mol. The minimum atomic E-state index is 0.0849. The number of carbonyl (C=O) groups excluding carboxylic acids is 2. The number of benzene rings is 1. The van der Waals surface area contributed by atoms with E-state index in [0.29, 0.717) is 25.8 Å². The van der Waals surface area contributed by atoms with Gasteiger partial charge in [0.15, 0.2) is 0 Å². The normalized spacial score (nSPS) is 13.0. The van der Waals surface area contributed by atoms with E-state index in [9.17, 15) is 9.59 Å². The lowest BCUT2D eigenvalue weighted by Crippen LogP contribution is -2.30. The van der Waals surface area contributed by atoms with E-state index in [0.717, 1.165) is 50.9 Å². The average Bonchev–Trinajstić information content (AvgIpc) is 3.02. The fraction of sp³-hybridized carbons (Fsp3) is 0.579. The minimum Gasteiger partial charge on any atom is -0.356 e. The van der Waals surface area contributed by atoms with E-state index < -0.39 is 0 Å². The molecule has 1 aliphatic rings. The van der Waals surface area contributed by atoms with Gasteiger partial charge in [0.25, 0.3) is 0 Å². The summed E-state index contributed by atoms with van der Waals surface area (Å²) in [7, 11) is 0. The van der Waals surface area contributed by atoms with Gasteiger partial charge in [0, 0.05) is 31.6 Å². The molecule has 1 aromatic rings. The highest BCUT2D eigenvalue weighted by Crippen LogP contribution is 2.27. The summed E-state index contributed by atoms with van der Waals surface area (Å²) in [6, 6.07) is 8.07. The maximum Gasteiger partial charge on any atom is 0.227 e. The molecule has 1 heterocycles. The quantitative estimate of drug-likeness (QED) is 0.646. The first-order valence-corrected chi connectivity index (χ1v) is 9.07. The zero-order chi connectivity index (χ0) is 17.2. The number of amides is 2. The van der Waals surface area contributed by atoms with Crippen molar-refractivity contribution < 1.29 is 9.59 Å². The number of carbonyl (C=O) groups is 2. The lowest BCUT2D eigenvalue weighted by molar-refractivity contribution is -0.122. The molecule has 0 unspecified atom stereocenters. The topological polar surface area (TPSA) is 75.4 Å². The molecule has 0 aliphatic carbocycles. The third kappa shape index (κ3) is 5.64. The molecule has 3 N–H and O–H groups in total. The van der Waals surface area contributed by atoms with Gasteiger partial charge in [-0.25, -0.2) is 0 Å². The highest BCUT2D eigenvalue weighted by atomic mass is 16.2. The van der Waals surface area contributed by atoms with Gasteiger partial charge in [-0.3, -0.25) is 9.59 Å². The van der Waals surface area contributed by atoms with Gasteiger partial charge >= 0.3 is 0 Å². The summed E-state index contributed by atoms with van der Waals surface area (Å²) in [5.41, 5.74) is 7.73. The molecular formula is C19H29N3O2. The Hall–Kier alpha value is -1.88. The first kappa shape index (κ1) is 18.5. The van der Waals surface area contributed by atoms with E-state index in [1.165, 1.54) is 5.56 Å². The molecule has 0 fully saturated rings. The van der Waals surface area contributed by atoms with E-state index >= 15 is 0 Å². The molecule has 0 atom stereocenters. The predicted octanol–water partition coefficient (Wildman–Crippen LogP) is 2.38. The molecule has 0 bridgehead atoms. The molecule has 24 heavy (non-hydrogen) atoms. The molecule has 2 rings (SSSR count). The molecule has 5 nitrogen and oxygen atoms in total. The number of nitrogens with one attached hydrogen (secondary N) is 1. The Bertz CT molecular complexity index is 545. The molecule has 0 saturated heterocycles. The number of para-hydroxylation sites is 1. The van der Waals surface area contributed by atoms with Crippen molar-refractivity contribution in [3.05, 3.63) is 29.8 Å². The molecule has 0 aromatic heterocycles. The molecule has 5 heteroatoms. The monoisotopic (exact) mass is 331 g/mol. The Labute approximate surface area is 144 Å². The van der Waals surface area contributed by atoms with Gasteiger partial charge in [-0.15, -0.1) is 0 Å². The zero-order valence-electron chi connectivity index (χ0n) is 14.4. The number of hydrogen-bond acceptors (Lipinski definition) is 3. The number of unbranched alkanes of at least 4 members (excludes halogenated alkanes) is 3. The fourth-order valence-electron chi connectivity index (χ4n) is 3.07. The van der Waals surface area contributed by atoms with Crippen LogP contribution in [0.15, 0.2) is 24.3 Å². The van der Waals surface area contributed by atoms with Gasteiger partial charge in [-0.1, -0.05) is 31.0 Å². The van der Waals surface area contributed by atoms with Gasteiger partial charge in [-0.2, -0.15) is 0 Å². The lowest BCUT2D eigenvalue weighted by Gasteiger charge is -2.17. The van der Waals surface area contributed by atoms with E-state index in [2.05, 4.69) is 11.4 Å². The molecule has 0 spiro atoms. The van der Waals surface area contributed by atoms with Gasteiger partial charge in [-0.05, 0) is 43.9 Å². The molecule has 132 valence electrons. The van der Waals surface area contributed by atoms with Crippen LogP contribution < -0.4 is 16.0 Å². The van der Waals surface area contributed by atoms with Crippen molar-refractivity contribution in [1.82, 2.24) is 5.32 Å². The summed E-state index contributed by atoms with van der Waals surface area (Å²) in [4.78, 5) is 25.9. The number of anilines is 1. The maximum atomic E-state index is 12.3. The Balaban J connectivity index is 1.58. The Morgan fingerprint density at radius 1 is 1.04 bits per heavy atom. The first-order chi connectivity index (χ1) is 11.7. The van der Waals surface area contributed by atoms with Crippen LogP contribution in [0.4, 0.5) is 5.69 Å². The number of rotatable bonds is 10. The Morgan fingerprint density at radius 3 is 2.67 bits per heavy atom. The second-order valence-corrected chi connectivity index (χ2v) is 6.33. The highest BCUT2D eigenvalue weighted by Gasteiger charge is 2.23. The summed E-state index contributed by atoms with van der Waals surface area (Å²) in [6.07, 6.45) is 6.76. The van der Waals surface area contributed by atoms with Crippen LogP contribution in [0.1, 0.15) is 50.5 Å². The summed E-state index contributed by atoms with van der Waals surface area (Å²) < 4.78 is 0. The molecule has 2 amide bonds. The summed E-state index contributed by atoms with van der Waals surface area (Å²) in [6.45, 7) is 2.07. The van der Waals surface area contributed by atoms with Crippen molar-refractivity contribution in [2.75, 3.05) is 24.5 Å². The second-order valence-electron chi connectivity index (χ2n) is 6.33. The summed E-state index contributed by atoms with van der Waals surface area (Å²) >= 11 is 0. The summed E-state index contributed by atoms with van der Waals surface area (Å²) in [5, 5.41) is 2.90. The number of nitrogens with two attached hydrogens (primary N) is 1.